The van der Waals surface area contributed by atoms with Crippen molar-refractivity contribution >= 4 is 5.96 Å². The number of rotatable bonds is 3. The second-order valence-corrected chi connectivity index (χ2v) is 3.83. The topological polar surface area (TPSA) is 65.9 Å². The molecule has 1 aromatic carbocycles. The Bertz CT molecular complexity index is 418. The first kappa shape index (κ1) is 11.6. The van der Waals surface area contributed by atoms with Crippen molar-refractivity contribution in [3.05, 3.63) is 23.8 Å². The smallest absolute Gasteiger partial charge is 0.191 e. The van der Waals surface area contributed by atoms with Crippen LogP contribution in [0.25, 0.3) is 0 Å². The Morgan fingerprint density at radius 2 is 2.41 bits per heavy atom. The molecule has 1 aliphatic rings. The number of phenols is 1. The van der Waals surface area contributed by atoms with Crippen molar-refractivity contribution in [3.63, 3.8) is 0 Å². The quantitative estimate of drug-likeness (QED) is 0.726. The monoisotopic (exact) mass is 235 g/mol. The molecule has 2 rings (SSSR count). The van der Waals surface area contributed by atoms with Gasteiger partial charge in [-0.1, -0.05) is 12.1 Å². The number of aliphatic imine (C=N–C) groups is 1. The molecule has 92 valence electrons. The van der Waals surface area contributed by atoms with Crippen molar-refractivity contribution in [1.82, 2.24) is 10.6 Å². The predicted molar refractivity (Wildman–Crippen MR) is 66.4 cm³/mol. The molecule has 0 saturated heterocycles. The van der Waals surface area contributed by atoms with Gasteiger partial charge >= 0.3 is 0 Å². The molecule has 0 amide bonds. The highest BCUT2D eigenvalue weighted by Gasteiger charge is 2.08. The summed E-state index contributed by atoms with van der Waals surface area (Å²) in [5, 5.41) is 16.2. The van der Waals surface area contributed by atoms with Crippen LogP contribution in [0.1, 0.15) is 12.0 Å². The zero-order valence-electron chi connectivity index (χ0n) is 9.86. The van der Waals surface area contributed by atoms with Crippen LogP contribution >= 0.6 is 0 Å². The molecule has 5 nitrogen and oxygen atoms in total. The maximum atomic E-state index is 9.89. The Balaban J connectivity index is 2.01. The SMILES string of the molecule is COc1cccc(CNC2=NCCCN2)c1O. The lowest BCUT2D eigenvalue weighted by Crippen LogP contribution is -2.40. The highest BCUT2D eigenvalue weighted by Crippen LogP contribution is 2.28. The van der Waals surface area contributed by atoms with E-state index in [9.17, 15) is 5.11 Å². The highest BCUT2D eigenvalue weighted by molar-refractivity contribution is 5.80. The standard InChI is InChI=1S/C12H17N3O2/c1-17-10-5-2-4-9(11(10)16)8-15-12-13-6-3-7-14-12/h2,4-5,16H,3,6-8H2,1H3,(H2,13,14,15). The number of nitrogens with zero attached hydrogens (tertiary/aromatic N) is 1. The Kier molecular flexibility index (Phi) is 3.69. The van der Waals surface area contributed by atoms with Gasteiger partial charge in [0.1, 0.15) is 0 Å². The van der Waals surface area contributed by atoms with Gasteiger partial charge in [0.25, 0.3) is 0 Å². The minimum Gasteiger partial charge on any atom is -0.504 e. The van der Waals surface area contributed by atoms with Crippen molar-refractivity contribution in [3.8, 4) is 11.5 Å². The molecule has 0 fully saturated rings. The van der Waals surface area contributed by atoms with E-state index in [-0.39, 0.29) is 5.75 Å². The maximum absolute atomic E-state index is 9.89. The Labute approximate surface area is 101 Å². The summed E-state index contributed by atoms with van der Waals surface area (Å²) >= 11 is 0. The summed E-state index contributed by atoms with van der Waals surface area (Å²) in [7, 11) is 1.54. The second-order valence-electron chi connectivity index (χ2n) is 3.83. The molecule has 0 spiro atoms. The summed E-state index contributed by atoms with van der Waals surface area (Å²) in [4.78, 5) is 4.30. The average Bonchev–Trinajstić information content (AvgIpc) is 2.39. The van der Waals surface area contributed by atoms with E-state index in [4.69, 9.17) is 4.74 Å². The molecule has 0 atom stereocenters. The third kappa shape index (κ3) is 2.81. The van der Waals surface area contributed by atoms with Gasteiger partial charge in [-0.3, -0.25) is 4.99 Å². The zero-order valence-corrected chi connectivity index (χ0v) is 9.86. The van der Waals surface area contributed by atoms with Gasteiger partial charge in [0.2, 0.25) is 0 Å². The van der Waals surface area contributed by atoms with Crippen LogP contribution in [0.4, 0.5) is 0 Å². The molecule has 0 unspecified atom stereocenters. The molecule has 0 saturated carbocycles. The van der Waals surface area contributed by atoms with Gasteiger partial charge in [0.05, 0.1) is 7.11 Å². The van der Waals surface area contributed by atoms with Gasteiger partial charge in [-0.05, 0) is 12.5 Å². The summed E-state index contributed by atoms with van der Waals surface area (Å²) in [6.07, 6.45) is 1.07. The third-order valence-corrected chi connectivity index (χ3v) is 2.65. The van der Waals surface area contributed by atoms with Gasteiger partial charge in [-0.15, -0.1) is 0 Å². The fourth-order valence-electron chi connectivity index (χ4n) is 1.71. The first-order valence-corrected chi connectivity index (χ1v) is 5.68. The van der Waals surface area contributed by atoms with E-state index < -0.39 is 0 Å². The van der Waals surface area contributed by atoms with E-state index in [1.165, 1.54) is 0 Å². The Hall–Kier alpha value is -1.91. The number of guanidine groups is 1. The fraction of sp³-hybridized carbons (Fsp3) is 0.417. The molecule has 17 heavy (non-hydrogen) atoms. The molecule has 1 aromatic rings. The lowest BCUT2D eigenvalue weighted by molar-refractivity contribution is 0.370. The number of methoxy groups -OCH3 is 1. The van der Waals surface area contributed by atoms with Crippen molar-refractivity contribution in [2.24, 2.45) is 4.99 Å². The van der Waals surface area contributed by atoms with E-state index in [0.717, 1.165) is 31.0 Å². The molecule has 0 bridgehead atoms. The highest BCUT2D eigenvalue weighted by atomic mass is 16.5. The van der Waals surface area contributed by atoms with E-state index in [2.05, 4.69) is 15.6 Å². The lowest BCUT2D eigenvalue weighted by atomic mass is 10.2. The lowest BCUT2D eigenvalue weighted by Gasteiger charge is -2.16. The van der Waals surface area contributed by atoms with Gasteiger partial charge in [-0.25, -0.2) is 0 Å². The Morgan fingerprint density at radius 3 is 3.12 bits per heavy atom. The number of hydrogen-bond donors (Lipinski definition) is 3. The first-order valence-electron chi connectivity index (χ1n) is 5.68. The number of phenolic OH excluding ortho intramolecular Hbond substituents is 1. The molecular weight excluding hydrogens is 218 g/mol. The fourth-order valence-corrected chi connectivity index (χ4v) is 1.71. The molecule has 0 aliphatic carbocycles. The normalized spacial score (nSPS) is 14.8. The minimum atomic E-state index is 0.180. The van der Waals surface area contributed by atoms with Gasteiger partial charge < -0.3 is 20.5 Å². The molecule has 0 radical (unpaired) electrons. The summed E-state index contributed by atoms with van der Waals surface area (Å²) in [5.74, 6) is 1.46. The van der Waals surface area contributed by atoms with Crippen molar-refractivity contribution in [2.75, 3.05) is 20.2 Å². The number of benzene rings is 1. The predicted octanol–water partition coefficient (Wildman–Crippen LogP) is 0.840. The zero-order chi connectivity index (χ0) is 12.1. The summed E-state index contributed by atoms with van der Waals surface area (Å²) in [6, 6.07) is 5.44. The van der Waals surface area contributed by atoms with E-state index in [1.54, 1.807) is 13.2 Å². The van der Waals surface area contributed by atoms with Crippen molar-refractivity contribution < 1.29 is 9.84 Å². The van der Waals surface area contributed by atoms with Gasteiger partial charge in [0.15, 0.2) is 17.5 Å². The molecule has 5 heteroatoms. The van der Waals surface area contributed by atoms with E-state index in [0.29, 0.717) is 12.3 Å². The van der Waals surface area contributed by atoms with E-state index >= 15 is 0 Å². The minimum absolute atomic E-state index is 0.180. The van der Waals surface area contributed by atoms with E-state index in [1.807, 2.05) is 12.1 Å². The summed E-state index contributed by atoms with van der Waals surface area (Å²) < 4.78 is 5.05. The van der Waals surface area contributed by atoms with Crippen LogP contribution in [0, 0.1) is 0 Å². The van der Waals surface area contributed by atoms with Crippen LogP contribution in [0.3, 0.4) is 0 Å². The third-order valence-electron chi connectivity index (χ3n) is 2.65. The van der Waals surface area contributed by atoms with Crippen LogP contribution in [0.2, 0.25) is 0 Å². The maximum Gasteiger partial charge on any atom is 0.191 e. The number of nitrogens with one attached hydrogen (secondary N) is 2. The van der Waals surface area contributed by atoms with Crippen LogP contribution in [-0.2, 0) is 6.54 Å². The molecule has 3 N–H and O–H groups in total. The second kappa shape index (κ2) is 5.43. The van der Waals surface area contributed by atoms with Crippen molar-refractivity contribution in [1.29, 1.82) is 0 Å². The number of para-hydroxylation sites is 1. The molecular formula is C12H17N3O2. The number of aromatic hydroxyl groups is 1. The summed E-state index contributed by atoms with van der Waals surface area (Å²) in [5.41, 5.74) is 0.791. The van der Waals surface area contributed by atoms with Crippen LogP contribution < -0.4 is 15.4 Å². The van der Waals surface area contributed by atoms with Crippen LogP contribution in [0.5, 0.6) is 11.5 Å². The van der Waals surface area contributed by atoms with Gasteiger partial charge in [-0.2, -0.15) is 0 Å². The number of hydrogen-bond acceptors (Lipinski definition) is 5. The molecule has 1 aliphatic heterocycles. The summed E-state index contributed by atoms with van der Waals surface area (Å²) in [6.45, 7) is 2.31. The average molecular weight is 235 g/mol. The largest absolute Gasteiger partial charge is 0.504 e. The molecule has 1 heterocycles. The van der Waals surface area contributed by atoms with Crippen LogP contribution in [0.15, 0.2) is 23.2 Å². The molecule has 0 aromatic heterocycles. The van der Waals surface area contributed by atoms with Crippen molar-refractivity contribution in [2.45, 2.75) is 13.0 Å². The number of ether oxygens (including phenoxy) is 1. The Morgan fingerprint density at radius 1 is 1.53 bits per heavy atom. The van der Waals surface area contributed by atoms with Crippen LogP contribution in [-0.4, -0.2) is 31.3 Å². The van der Waals surface area contributed by atoms with Gasteiger partial charge in [0, 0.05) is 25.2 Å². The first-order chi connectivity index (χ1) is 8.31.